The molecule has 1 fully saturated rings. The summed E-state index contributed by atoms with van der Waals surface area (Å²) in [6, 6.07) is 6.40. The van der Waals surface area contributed by atoms with Gasteiger partial charge in [-0.25, -0.2) is 0 Å². The minimum atomic E-state index is 0. The molecule has 1 amide bonds. The van der Waals surface area contributed by atoms with Crippen LogP contribution in [-0.2, 0) is 11.2 Å². The van der Waals surface area contributed by atoms with Gasteiger partial charge < -0.3 is 16.0 Å². The summed E-state index contributed by atoms with van der Waals surface area (Å²) in [6.07, 6.45) is 9.46. The highest BCUT2D eigenvalue weighted by Crippen LogP contribution is 2.30. The molecule has 0 radical (unpaired) electrons. The third-order valence-electron chi connectivity index (χ3n) is 4.94. The number of halogens is 1. The molecule has 0 atom stereocenters. The van der Waals surface area contributed by atoms with E-state index in [1.807, 2.05) is 12.1 Å². The molecule has 0 bridgehead atoms. The summed E-state index contributed by atoms with van der Waals surface area (Å²) in [5.41, 5.74) is 9.27. The van der Waals surface area contributed by atoms with Crippen molar-refractivity contribution < 1.29 is 4.79 Å². The average molecular weight is 338 g/mol. The second kappa shape index (κ2) is 8.44. The van der Waals surface area contributed by atoms with Crippen molar-refractivity contribution in [3.63, 3.8) is 0 Å². The number of fused-ring (bicyclic) bond motifs is 1. The van der Waals surface area contributed by atoms with Gasteiger partial charge in [0.15, 0.2) is 0 Å². The van der Waals surface area contributed by atoms with Crippen LogP contribution in [0.4, 0.5) is 11.4 Å². The Kier molecular flexibility index (Phi) is 6.58. The van der Waals surface area contributed by atoms with E-state index in [1.165, 1.54) is 31.2 Å². The summed E-state index contributed by atoms with van der Waals surface area (Å²) < 4.78 is 0. The normalized spacial score (nSPS) is 18.5. The molecule has 0 aromatic heterocycles. The molecule has 0 unspecified atom stereocenters. The number of rotatable bonds is 3. The first-order valence-electron chi connectivity index (χ1n) is 8.66. The number of benzene rings is 1. The molecule has 3 rings (SSSR count). The molecule has 128 valence electrons. The Morgan fingerprint density at radius 1 is 1.17 bits per heavy atom. The van der Waals surface area contributed by atoms with Crippen molar-refractivity contribution in [2.75, 3.05) is 23.7 Å². The largest absolute Gasteiger partial charge is 0.398 e. The van der Waals surface area contributed by atoms with Crippen LogP contribution < -0.4 is 16.0 Å². The molecule has 1 aromatic carbocycles. The standard InChI is InChI=1S/C18H27N3O.ClH/c19-16-10-5-11-17-15(16)9-6-12-21(17)13-18(22)20-14-7-3-1-2-4-8-14;/h5,10-11,14H,1-4,6-9,12-13,19H2,(H,20,22);1H. The second-order valence-corrected chi connectivity index (χ2v) is 6.63. The van der Waals surface area contributed by atoms with Gasteiger partial charge in [0.25, 0.3) is 0 Å². The second-order valence-electron chi connectivity index (χ2n) is 6.63. The van der Waals surface area contributed by atoms with Crippen molar-refractivity contribution in [2.45, 2.75) is 57.4 Å². The van der Waals surface area contributed by atoms with Crippen molar-refractivity contribution in [3.8, 4) is 0 Å². The third-order valence-corrected chi connectivity index (χ3v) is 4.94. The van der Waals surface area contributed by atoms with Gasteiger partial charge in [0.1, 0.15) is 0 Å². The molecule has 4 nitrogen and oxygen atoms in total. The van der Waals surface area contributed by atoms with Crippen molar-refractivity contribution in [2.24, 2.45) is 0 Å². The molecule has 1 saturated carbocycles. The lowest BCUT2D eigenvalue weighted by Crippen LogP contribution is -2.43. The number of nitrogen functional groups attached to an aromatic ring is 1. The molecule has 0 spiro atoms. The van der Waals surface area contributed by atoms with Crippen LogP contribution in [0.3, 0.4) is 0 Å². The summed E-state index contributed by atoms with van der Waals surface area (Å²) in [4.78, 5) is 14.6. The number of carbonyl (C=O) groups excluding carboxylic acids is 1. The van der Waals surface area contributed by atoms with Crippen LogP contribution in [-0.4, -0.2) is 25.0 Å². The number of nitrogens with one attached hydrogen (secondary N) is 1. The Balaban J connectivity index is 0.00000192. The topological polar surface area (TPSA) is 58.4 Å². The number of carbonyl (C=O) groups is 1. The molecule has 1 heterocycles. The molecular weight excluding hydrogens is 310 g/mol. The Labute approximate surface area is 145 Å². The summed E-state index contributed by atoms with van der Waals surface area (Å²) >= 11 is 0. The van der Waals surface area contributed by atoms with Crippen LogP contribution in [0.25, 0.3) is 0 Å². The lowest BCUT2D eigenvalue weighted by atomic mass is 10.00. The van der Waals surface area contributed by atoms with Gasteiger partial charge in [0.05, 0.1) is 6.54 Å². The summed E-state index contributed by atoms with van der Waals surface area (Å²) in [7, 11) is 0. The average Bonchev–Trinajstić information content (AvgIpc) is 2.77. The quantitative estimate of drug-likeness (QED) is 0.657. The van der Waals surface area contributed by atoms with Crippen molar-refractivity contribution in [3.05, 3.63) is 23.8 Å². The number of amides is 1. The lowest BCUT2D eigenvalue weighted by molar-refractivity contribution is -0.120. The van der Waals surface area contributed by atoms with Crippen molar-refractivity contribution in [1.29, 1.82) is 0 Å². The fourth-order valence-electron chi connectivity index (χ4n) is 3.76. The maximum Gasteiger partial charge on any atom is 0.239 e. The fourth-order valence-corrected chi connectivity index (χ4v) is 3.76. The molecule has 3 N–H and O–H groups in total. The van der Waals surface area contributed by atoms with Gasteiger partial charge in [-0.15, -0.1) is 12.4 Å². The van der Waals surface area contributed by atoms with Gasteiger partial charge in [-0.3, -0.25) is 4.79 Å². The molecular formula is C18H28ClN3O. The number of hydrogen-bond donors (Lipinski definition) is 2. The molecule has 23 heavy (non-hydrogen) atoms. The minimum absolute atomic E-state index is 0. The number of hydrogen-bond acceptors (Lipinski definition) is 3. The highest BCUT2D eigenvalue weighted by molar-refractivity contribution is 5.85. The van der Waals surface area contributed by atoms with E-state index in [0.717, 1.165) is 43.6 Å². The van der Waals surface area contributed by atoms with E-state index in [4.69, 9.17) is 5.73 Å². The highest BCUT2D eigenvalue weighted by Gasteiger charge is 2.22. The zero-order valence-electron chi connectivity index (χ0n) is 13.7. The number of anilines is 2. The molecule has 1 aliphatic heterocycles. The fraction of sp³-hybridized carbons (Fsp3) is 0.611. The number of nitrogens with zero attached hydrogens (tertiary/aromatic N) is 1. The maximum atomic E-state index is 12.4. The van der Waals surface area contributed by atoms with Crippen molar-refractivity contribution >= 4 is 29.7 Å². The van der Waals surface area contributed by atoms with Crippen LogP contribution in [0, 0.1) is 0 Å². The molecule has 1 aromatic rings. The monoisotopic (exact) mass is 337 g/mol. The van der Waals surface area contributed by atoms with Crippen LogP contribution >= 0.6 is 12.4 Å². The Hall–Kier alpha value is -1.42. The first-order chi connectivity index (χ1) is 10.7. The maximum absolute atomic E-state index is 12.4. The van der Waals surface area contributed by atoms with E-state index >= 15 is 0 Å². The van der Waals surface area contributed by atoms with E-state index in [2.05, 4.69) is 16.3 Å². The number of nitrogens with two attached hydrogens (primary N) is 1. The summed E-state index contributed by atoms with van der Waals surface area (Å²) in [6.45, 7) is 1.39. The van der Waals surface area contributed by atoms with E-state index in [9.17, 15) is 4.79 Å². The van der Waals surface area contributed by atoms with Gasteiger partial charge in [-0.05, 0) is 43.4 Å². The Morgan fingerprint density at radius 2 is 1.91 bits per heavy atom. The third kappa shape index (κ3) is 4.54. The first kappa shape index (κ1) is 17.9. The van der Waals surface area contributed by atoms with Crippen LogP contribution in [0.5, 0.6) is 0 Å². The molecule has 1 aliphatic carbocycles. The first-order valence-corrected chi connectivity index (χ1v) is 8.66. The minimum Gasteiger partial charge on any atom is -0.398 e. The van der Waals surface area contributed by atoms with Gasteiger partial charge in [0.2, 0.25) is 5.91 Å². The SMILES string of the molecule is Cl.Nc1cccc2c1CCCN2CC(=O)NC1CCCCCC1. The molecule has 2 aliphatic rings. The van der Waals surface area contributed by atoms with Crippen LogP contribution in [0.15, 0.2) is 18.2 Å². The predicted molar refractivity (Wildman–Crippen MR) is 98.3 cm³/mol. The molecule has 5 heteroatoms. The van der Waals surface area contributed by atoms with Gasteiger partial charge in [-0.2, -0.15) is 0 Å². The zero-order valence-corrected chi connectivity index (χ0v) is 14.5. The zero-order chi connectivity index (χ0) is 15.4. The van der Waals surface area contributed by atoms with E-state index in [0.29, 0.717) is 12.6 Å². The van der Waals surface area contributed by atoms with Crippen LogP contribution in [0.1, 0.15) is 50.5 Å². The lowest BCUT2D eigenvalue weighted by Gasteiger charge is -2.32. The smallest absolute Gasteiger partial charge is 0.239 e. The Bertz CT molecular complexity index is 527. The van der Waals surface area contributed by atoms with Crippen LogP contribution in [0.2, 0.25) is 0 Å². The summed E-state index contributed by atoms with van der Waals surface area (Å²) in [5, 5.41) is 3.24. The van der Waals surface area contributed by atoms with E-state index in [1.54, 1.807) is 0 Å². The van der Waals surface area contributed by atoms with E-state index in [-0.39, 0.29) is 18.3 Å². The van der Waals surface area contributed by atoms with Gasteiger partial charge in [0, 0.05) is 24.0 Å². The summed E-state index contributed by atoms with van der Waals surface area (Å²) in [5.74, 6) is 0.155. The van der Waals surface area contributed by atoms with E-state index < -0.39 is 0 Å². The van der Waals surface area contributed by atoms with Gasteiger partial charge in [-0.1, -0.05) is 31.7 Å². The van der Waals surface area contributed by atoms with Gasteiger partial charge >= 0.3 is 0 Å². The Morgan fingerprint density at radius 3 is 2.65 bits per heavy atom. The highest BCUT2D eigenvalue weighted by atomic mass is 35.5. The molecule has 0 saturated heterocycles. The predicted octanol–water partition coefficient (Wildman–Crippen LogP) is 3.28. The van der Waals surface area contributed by atoms with Crippen molar-refractivity contribution in [1.82, 2.24) is 5.32 Å².